The first-order valence-electron chi connectivity index (χ1n) is 10.3. The van der Waals surface area contributed by atoms with Crippen LogP contribution in [0.25, 0.3) is 27.7 Å². The molecule has 0 radical (unpaired) electrons. The predicted molar refractivity (Wildman–Crippen MR) is 136 cm³/mol. The molecule has 2 aromatic carbocycles. The van der Waals surface area contributed by atoms with Crippen molar-refractivity contribution >= 4 is 57.3 Å². The van der Waals surface area contributed by atoms with Gasteiger partial charge in [-0.05, 0) is 42.0 Å². The van der Waals surface area contributed by atoms with Crippen molar-refractivity contribution in [1.29, 1.82) is 0 Å². The van der Waals surface area contributed by atoms with Gasteiger partial charge in [-0.15, -0.1) is 0 Å². The Morgan fingerprint density at radius 1 is 1.06 bits per heavy atom. The lowest BCUT2D eigenvalue weighted by Gasteiger charge is -2.11. The molecule has 1 amide bonds. The van der Waals surface area contributed by atoms with Gasteiger partial charge in [0.1, 0.15) is 0 Å². The summed E-state index contributed by atoms with van der Waals surface area (Å²) >= 11 is 18.1. The molecule has 0 aliphatic heterocycles. The van der Waals surface area contributed by atoms with E-state index in [0.717, 1.165) is 15.8 Å². The molecule has 0 bridgehead atoms. The molecule has 0 spiro atoms. The Morgan fingerprint density at radius 3 is 2.51 bits per heavy atom. The molecule has 0 saturated carbocycles. The molecular formula is C24H16Cl3N5O3. The molecule has 3 aromatic heterocycles. The number of nitrogens with one attached hydrogen (secondary N) is 1. The molecule has 0 saturated heterocycles. The number of pyridine rings is 1. The summed E-state index contributed by atoms with van der Waals surface area (Å²) in [6.45, 7) is 0.248. The van der Waals surface area contributed by atoms with Gasteiger partial charge in [0.25, 0.3) is 11.5 Å². The molecule has 0 fully saturated rings. The number of rotatable bonds is 5. The van der Waals surface area contributed by atoms with Crippen LogP contribution in [0.15, 0.2) is 65.7 Å². The Kier molecular flexibility index (Phi) is 6.21. The van der Waals surface area contributed by atoms with Gasteiger partial charge < -0.3 is 4.74 Å². The Bertz CT molecular complexity index is 1660. The average molecular weight is 529 g/mol. The van der Waals surface area contributed by atoms with Crippen LogP contribution >= 0.6 is 34.8 Å². The van der Waals surface area contributed by atoms with E-state index in [1.807, 2.05) is 12.1 Å². The summed E-state index contributed by atoms with van der Waals surface area (Å²) < 4.78 is 8.01. The zero-order valence-corrected chi connectivity index (χ0v) is 20.4. The fraction of sp³-hybridized carbons (Fsp3) is 0.0833. The van der Waals surface area contributed by atoms with Crippen LogP contribution in [-0.4, -0.2) is 32.3 Å². The quantitative estimate of drug-likeness (QED) is 0.339. The van der Waals surface area contributed by atoms with Crippen LogP contribution in [0, 0.1) is 0 Å². The summed E-state index contributed by atoms with van der Waals surface area (Å²) in [5.74, 6) is -0.561. The number of hydrogen-bond acceptors (Lipinski definition) is 5. The highest BCUT2D eigenvalue weighted by molar-refractivity contribution is 6.37. The Hall–Kier alpha value is -3.43. The largest absolute Gasteiger partial charge is 0.378 e. The number of halogens is 3. The summed E-state index contributed by atoms with van der Waals surface area (Å²) in [5.41, 5.74) is 5.62. The van der Waals surface area contributed by atoms with Crippen molar-refractivity contribution in [2.45, 2.75) is 6.61 Å². The predicted octanol–water partition coefficient (Wildman–Crippen LogP) is 5.20. The van der Waals surface area contributed by atoms with Crippen LogP contribution in [-0.2, 0) is 11.3 Å². The third-order valence-electron chi connectivity index (χ3n) is 5.40. The molecule has 0 aliphatic rings. The number of methoxy groups -OCH3 is 1. The van der Waals surface area contributed by atoms with Crippen LogP contribution in [0.2, 0.25) is 15.1 Å². The Morgan fingerprint density at radius 2 is 1.80 bits per heavy atom. The zero-order chi connectivity index (χ0) is 24.7. The highest BCUT2D eigenvalue weighted by atomic mass is 35.5. The molecule has 8 nitrogen and oxygen atoms in total. The molecule has 176 valence electrons. The van der Waals surface area contributed by atoms with E-state index in [4.69, 9.17) is 39.5 Å². The lowest BCUT2D eigenvalue weighted by atomic mass is 10.1. The van der Waals surface area contributed by atoms with Gasteiger partial charge in [-0.1, -0.05) is 46.9 Å². The van der Waals surface area contributed by atoms with Gasteiger partial charge in [0.15, 0.2) is 5.65 Å². The maximum Gasteiger partial charge on any atom is 0.280 e. The first-order chi connectivity index (χ1) is 16.9. The van der Waals surface area contributed by atoms with E-state index in [2.05, 4.69) is 15.5 Å². The van der Waals surface area contributed by atoms with E-state index in [-0.39, 0.29) is 22.6 Å². The minimum Gasteiger partial charge on any atom is -0.378 e. The van der Waals surface area contributed by atoms with E-state index >= 15 is 0 Å². The summed E-state index contributed by atoms with van der Waals surface area (Å²) in [4.78, 5) is 30.4. The fourth-order valence-corrected chi connectivity index (χ4v) is 4.42. The Labute approximate surface area is 213 Å². The number of fused-ring (bicyclic) bond motifs is 3. The van der Waals surface area contributed by atoms with Crippen molar-refractivity contribution in [2.24, 2.45) is 0 Å². The van der Waals surface area contributed by atoms with Crippen molar-refractivity contribution in [3.8, 4) is 11.1 Å². The number of benzene rings is 2. The highest BCUT2D eigenvalue weighted by Gasteiger charge is 2.19. The van der Waals surface area contributed by atoms with E-state index in [9.17, 15) is 9.59 Å². The maximum absolute atomic E-state index is 13.2. The molecule has 1 N–H and O–H groups in total. The highest BCUT2D eigenvalue weighted by Crippen LogP contribution is 2.30. The number of hydrogen-bond donors (Lipinski definition) is 1. The lowest BCUT2D eigenvalue weighted by Crippen LogP contribution is -2.33. The van der Waals surface area contributed by atoms with Crippen LogP contribution in [0.3, 0.4) is 0 Å². The number of nitrogens with zero attached hydrogens (tertiary/aromatic N) is 4. The topological polar surface area (TPSA) is 90.5 Å². The molecular weight excluding hydrogens is 513 g/mol. The Balaban J connectivity index is 1.61. The summed E-state index contributed by atoms with van der Waals surface area (Å²) in [7, 11) is 1.58. The smallest absolute Gasteiger partial charge is 0.280 e. The third-order valence-corrected chi connectivity index (χ3v) is 6.20. The first-order valence-corrected chi connectivity index (χ1v) is 11.4. The number of carbonyl (C=O) groups is 1. The molecule has 0 aliphatic carbocycles. The standard InChI is InChI=1S/C24H16Cl3N5O3/c1-35-12-19-21(13-2-4-14(25)5-3-13)22-28-11-17-20(32(22)29-19)8-9-31(24(17)34)30-23(33)16-7-6-15(26)10-18(16)27/h2-11H,12H2,1H3,(H,30,33). The lowest BCUT2D eigenvalue weighted by molar-refractivity contribution is 0.101. The number of ether oxygens (including phenoxy) is 1. The average Bonchev–Trinajstić information content (AvgIpc) is 3.20. The molecule has 3 heterocycles. The summed E-state index contributed by atoms with van der Waals surface area (Å²) in [6.07, 6.45) is 2.91. The summed E-state index contributed by atoms with van der Waals surface area (Å²) in [5, 5.41) is 6.10. The van der Waals surface area contributed by atoms with Gasteiger partial charge in [-0.25, -0.2) is 14.2 Å². The minimum atomic E-state index is -0.561. The third kappa shape index (κ3) is 4.26. The van der Waals surface area contributed by atoms with Gasteiger partial charge in [0.2, 0.25) is 0 Å². The molecule has 5 rings (SSSR count). The molecule has 11 heteroatoms. The normalized spacial score (nSPS) is 11.3. The molecule has 5 aromatic rings. The minimum absolute atomic E-state index is 0.171. The van der Waals surface area contributed by atoms with Crippen LogP contribution in [0.4, 0.5) is 0 Å². The van der Waals surface area contributed by atoms with Crippen molar-refractivity contribution < 1.29 is 9.53 Å². The number of carbonyl (C=O) groups excluding carboxylic acids is 1. The van der Waals surface area contributed by atoms with E-state index in [0.29, 0.717) is 26.9 Å². The molecule has 35 heavy (non-hydrogen) atoms. The second-order valence-corrected chi connectivity index (χ2v) is 8.89. The van der Waals surface area contributed by atoms with Crippen LogP contribution < -0.4 is 11.0 Å². The first kappa shape index (κ1) is 23.3. The van der Waals surface area contributed by atoms with Gasteiger partial charge in [0, 0.05) is 29.5 Å². The summed E-state index contributed by atoms with van der Waals surface area (Å²) in [6, 6.07) is 13.5. The van der Waals surface area contributed by atoms with Gasteiger partial charge in [-0.3, -0.25) is 15.0 Å². The second kappa shape index (κ2) is 9.31. The van der Waals surface area contributed by atoms with Gasteiger partial charge >= 0.3 is 0 Å². The zero-order valence-electron chi connectivity index (χ0n) is 18.1. The van der Waals surface area contributed by atoms with Crippen molar-refractivity contribution in [2.75, 3.05) is 12.5 Å². The fourth-order valence-electron chi connectivity index (χ4n) is 3.80. The monoisotopic (exact) mass is 527 g/mol. The van der Waals surface area contributed by atoms with Crippen LogP contribution in [0.1, 0.15) is 16.1 Å². The number of aromatic nitrogens is 4. The van der Waals surface area contributed by atoms with Crippen molar-refractivity contribution in [3.63, 3.8) is 0 Å². The van der Waals surface area contributed by atoms with Crippen LogP contribution in [0.5, 0.6) is 0 Å². The van der Waals surface area contributed by atoms with E-state index in [1.165, 1.54) is 24.5 Å². The maximum atomic E-state index is 13.2. The van der Waals surface area contributed by atoms with E-state index in [1.54, 1.807) is 35.9 Å². The van der Waals surface area contributed by atoms with Gasteiger partial charge in [0.05, 0.1) is 39.4 Å². The SMILES string of the molecule is COCc1nn2c(ncc3c(=O)n(NC(=O)c4ccc(Cl)cc4Cl)ccc32)c1-c1ccc(Cl)cc1. The van der Waals surface area contributed by atoms with Gasteiger partial charge in [-0.2, -0.15) is 5.10 Å². The second-order valence-electron chi connectivity index (χ2n) is 7.61. The van der Waals surface area contributed by atoms with Crippen molar-refractivity contribution in [3.05, 3.63) is 97.6 Å². The van der Waals surface area contributed by atoms with Crippen molar-refractivity contribution in [1.82, 2.24) is 19.3 Å². The number of amides is 1. The molecule has 0 unspecified atom stereocenters. The molecule has 0 atom stereocenters. The van der Waals surface area contributed by atoms with E-state index < -0.39 is 11.5 Å².